The molecule has 0 fully saturated rings. The van der Waals surface area contributed by atoms with Crippen molar-refractivity contribution in [2.24, 2.45) is 11.5 Å². The van der Waals surface area contributed by atoms with E-state index < -0.39 is 6.23 Å². The van der Waals surface area contributed by atoms with Gasteiger partial charge >= 0.3 is 5.97 Å². The van der Waals surface area contributed by atoms with Crippen molar-refractivity contribution in [3.8, 4) is 0 Å². The topological polar surface area (TPSA) is 78.3 Å². The standard InChI is InChI=1S/C26H54N2O2/c1-2-3-4-5-6-7-8-9-10-11-12-13-14-15-16-17-20-23-26(29)30-25(28)22-19-18-21-24-27/h25H,2-24,27-28H2,1H3. The summed E-state index contributed by atoms with van der Waals surface area (Å²) in [5, 5.41) is 0. The van der Waals surface area contributed by atoms with Crippen LogP contribution in [0.2, 0.25) is 0 Å². The van der Waals surface area contributed by atoms with Gasteiger partial charge in [0.2, 0.25) is 0 Å². The number of carbonyl (C=O) groups is 1. The minimum Gasteiger partial charge on any atom is -0.447 e. The maximum atomic E-state index is 11.8. The van der Waals surface area contributed by atoms with Gasteiger partial charge in [-0.1, -0.05) is 116 Å². The summed E-state index contributed by atoms with van der Waals surface area (Å²) in [5.74, 6) is -0.137. The second-order valence-corrected chi connectivity index (χ2v) is 9.07. The number of unbranched alkanes of at least 4 members (excludes halogenated alkanes) is 18. The van der Waals surface area contributed by atoms with Crippen LogP contribution in [-0.2, 0) is 9.53 Å². The van der Waals surface area contributed by atoms with Crippen molar-refractivity contribution in [3.63, 3.8) is 0 Å². The number of hydrogen-bond donors (Lipinski definition) is 2. The molecule has 0 aliphatic carbocycles. The number of hydrogen-bond acceptors (Lipinski definition) is 4. The Bertz CT molecular complexity index is 350. The first kappa shape index (κ1) is 29.4. The molecule has 4 N–H and O–H groups in total. The Morgan fingerprint density at radius 1 is 0.633 bits per heavy atom. The summed E-state index contributed by atoms with van der Waals surface area (Å²) in [6, 6.07) is 0. The first-order valence-corrected chi connectivity index (χ1v) is 13.4. The predicted octanol–water partition coefficient (Wildman–Crippen LogP) is 7.38. The Kier molecular flexibility index (Phi) is 24.2. The van der Waals surface area contributed by atoms with Gasteiger partial charge in [-0.15, -0.1) is 0 Å². The highest BCUT2D eigenvalue weighted by atomic mass is 16.6. The third-order valence-corrected chi connectivity index (χ3v) is 5.96. The van der Waals surface area contributed by atoms with Gasteiger partial charge in [0.1, 0.15) is 0 Å². The molecule has 0 spiro atoms. The molecular weight excluding hydrogens is 372 g/mol. The first-order valence-electron chi connectivity index (χ1n) is 13.4. The summed E-state index contributed by atoms with van der Waals surface area (Å²) in [6.07, 6.45) is 26.8. The summed E-state index contributed by atoms with van der Waals surface area (Å²) < 4.78 is 5.27. The molecule has 0 saturated heterocycles. The summed E-state index contributed by atoms with van der Waals surface area (Å²) in [6.45, 7) is 3.00. The average molecular weight is 427 g/mol. The van der Waals surface area contributed by atoms with E-state index in [1.807, 2.05) is 0 Å². The maximum absolute atomic E-state index is 11.8. The van der Waals surface area contributed by atoms with Crippen LogP contribution < -0.4 is 11.5 Å². The largest absolute Gasteiger partial charge is 0.447 e. The molecule has 0 amide bonds. The highest BCUT2D eigenvalue weighted by Gasteiger charge is 2.09. The van der Waals surface area contributed by atoms with Gasteiger partial charge in [0.05, 0.1) is 0 Å². The highest BCUT2D eigenvalue weighted by Crippen LogP contribution is 2.14. The molecular formula is C26H54N2O2. The smallest absolute Gasteiger partial charge is 0.307 e. The Balaban J connectivity index is 3.21. The van der Waals surface area contributed by atoms with E-state index in [0.29, 0.717) is 13.0 Å². The normalized spacial score (nSPS) is 12.2. The number of nitrogens with two attached hydrogens (primary N) is 2. The summed E-state index contributed by atoms with van der Waals surface area (Å²) in [7, 11) is 0. The van der Waals surface area contributed by atoms with Crippen molar-refractivity contribution in [1.82, 2.24) is 0 Å². The van der Waals surface area contributed by atoms with Crippen molar-refractivity contribution in [3.05, 3.63) is 0 Å². The van der Waals surface area contributed by atoms with Gasteiger partial charge in [-0.3, -0.25) is 10.5 Å². The van der Waals surface area contributed by atoms with Crippen LogP contribution in [0.4, 0.5) is 0 Å². The summed E-state index contributed by atoms with van der Waals surface area (Å²) >= 11 is 0. The maximum Gasteiger partial charge on any atom is 0.307 e. The van der Waals surface area contributed by atoms with Gasteiger partial charge < -0.3 is 10.5 Å². The van der Waals surface area contributed by atoms with Crippen LogP contribution in [-0.4, -0.2) is 18.7 Å². The van der Waals surface area contributed by atoms with Crippen LogP contribution in [0.1, 0.15) is 148 Å². The lowest BCUT2D eigenvalue weighted by molar-refractivity contribution is -0.149. The molecule has 0 aliphatic heterocycles. The van der Waals surface area contributed by atoms with Crippen LogP contribution in [0.15, 0.2) is 0 Å². The van der Waals surface area contributed by atoms with Crippen molar-refractivity contribution in [2.45, 2.75) is 154 Å². The van der Waals surface area contributed by atoms with Crippen LogP contribution in [0, 0.1) is 0 Å². The lowest BCUT2D eigenvalue weighted by Crippen LogP contribution is -2.27. The van der Waals surface area contributed by atoms with Crippen LogP contribution >= 0.6 is 0 Å². The Labute approximate surface area is 188 Å². The van der Waals surface area contributed by atoms with Gasteiger partial charge in [0.15, 0.2) is 6.23 Å². The Morgan fingerprint density at radius 2 is 1.03 bits per heavy atom. The molecule has 4 heteroatoms. The Morgan fingerprint density at radius 3 is 1.47 bits per heavy atom. The SMILES string of the molecule is CCCCCCCCCCCCCCCCCCCC(=O)OC(N)CCCCCN. The van der Waals surface area contributed by atoms with Crippen molar-refractivity contribution >= 4 is 5.97 Å². The van der Waals surface area contributed by atoms with E-state index in [4.69, 9.17) is 16.2 Å². The van der Waals surface area contributed by atoms with E-state index in [9.17, 15) is 4.79 Å². The third kappa shape index (κ3) is 23.7. The molecule has 0 saturated carbocycles. The second kappa shape index (κ2) is 24.7. The molecule has 0 rings (SSSR count). The molecule has 0 aromatic heterocycles. The summed E-state index contributed by atoms with van der Waals surface area (Å²) in [5.41, 5.74) is 11.3. The van der Waals surface area contributed by atoms with Gasteiger partial charge in [-0.05, 0) is 32.2 Å². The summed E-state index contributed by atoms with van der Waals surface area (Å²) in [4.78, 5) is 11.8. The lowest BCUT2D eigenvalue weighted by atomic mass is 10.0. The predicted molar refractivity (Wildman–Crippen MR) is 130 cm³/mol. The van der Waals surface area contributed by atoms with E-state index in [1.54, 1.807) is 0 Å². The highest BCUT2D eigenvalue weighted by molar-refractivity contribution is 5.69. The first-order chi connectivity index (χ1) is 14.7. The molecule has 1 unspecified atom stereocenters. The fourth-order valence-corrected chi connectivity index (χ4v) is 3.95. The minimum absolute atomic E-state index is 0.137. The van der Waals surface area contributed by atoms with E-state index in [1.165, 1.54) is 96.3 Å². The van der Waals surface area contributed by atoms with E-state index in [-0.39, 0.29) is 5.97 Å². The molecule has 1 atom stereocenters. The Hall–Kier alpha value is -0.610. The molecule has 4 nitrogen and oxygen atoms in total. The molecule has 0 bridgehead atoms. The van der Waals surface area contributed by atoms with Crippen LogP contribution in [0.25, 0.3) is 0 Å². The van der Waals surface area contributed by atoms with Crippen molar-refractivity contribution < 1.29 is 9.53 Å². The fourth-order valence-electron chi connectivity index (χ4n) is 3.95. The molecule has 0 aliphatic rings. The van der Waals surface area contributed by atoms with Crippen LogP contribution in [0.3, 0.4) is 0 Å². The van der Waals surface area contributed by atoms with Crippen molar-refractivity contribution in [2.75, 3.05) is 6.54 Å². The zero-order valence-corrected chi connectivity index (χ0v) is 20.3. The van der Waals surface area contributed by atoms with E-state index in [0.717, 1.165) is 38.5 Å². The second-order valence-electron chi connectivity index (χ2n) is 9.07. The van der Waals surface area contributed by atoms with E-state index in [2.05, 4.69) is 6.92 Å². The van der Waals surface area contributed by atoms with Gasteiger partial charge in [0, 0.05) is 6.42 Å². The molecule has 0 aromatic rings. The third-order valence-electron chi connectivity index (χ3n) is 5.96. The van der Waals surface area contributed by atoms with Gasteiger partial charge in [0.25, 0.3) is 0 Å². The minimum atomic E-state index is -0.443. The zero-order valence-electron chi connectivity index (χ0n) is 20.3. The van der Waals surface area contributed by atoms with Crippen molar-refractivity contribution in [1.29, 1.82) is 0 Å². The molecule has 0 radical (unpaired) electrons. The number of ether oxygens (including phenoxy) is 1. The van der Waals surface area contributed by atoms with Gasteiger partial charge in [-0.25, -0.2) is 0 Å². The number of carbonyl (C=O) groups excluding carboxylic acids is 1. The monoisotopic (exact) mass is 426 g/mol. The van der Waals surface area contributed by atoms with Gasteiger partial charge in [-0.2, -0.15) is 0 Å². The number of rotatable bonds is 24. The molecule has 0 aromatic carbocycles. The fraction of sp³-hybridized carbons (Fsp3) is 0.962. The molecule has 30 heavy (non-hydrogen) atoms. The number of esters is 1. The molecule has 180 valence electrons. The lowest BCUT2D eigenvalue weighted by Gasteiger charge is -2.12. The average Bonchev–Trinajstić information content (AvgIpc) is 2.73. The van der Waals surface area contributed by atoms with Crippen LogP contribution in [0.5, 0.6) is 0 Å². The van der Waals surface area contributed by atoms with E-state index >= 15 is 0 Å². The molecule has 0 heterocycles. The quantitative estimate of drug-likeness (QED) is 0.0958. The zero-order chi connectivity index (χ0) is 22.1.